The first-order valence-corrected chi connectivity index (χ1v) is 9.82. The Morgan fingerprint density at radius 2 is 1.79 bits per heavy atom. The molecule has 1 unspecified atom stereocenters. The van der Waals surface area contributed by atoms with Gasteiger partial charge in [-0.3, -0.25) is 4.79 Å². The van der Waals surface area contributed by atoms with E-state index in [1.54, 1.807) is 0 Å². The van der Waals surface area contributed by atoms with Crippen molar-refractivity contribution in [3.8, 4) is 5.69 Å². The third-order valence-corrected chi connectivity index (χ3v) is 5.78. The van der Waals surface area contributed by atoms with Crippen LogP contribution in [0.3, 0.4) is 0 Å². The van der Waals surface area contributed by atoms with E-state index < -0.39 is 34.3 Å². The zero-order valence-corrected chi connectivity index (χ0v) is 17.1. The van der Waals surface area contributed by atoms with Crippen molar-refractivity contribution in [2.45, 2.75) is 11.8 Å². The second-order valence-electron chi connectivity index (χ2n) is 7.74. The molecule has 0 saturated carbocycles. The largest absolute Gasteiger partial charge is 0.425 e. The van der Waals surface area contributed by atoms with Crippen molar-refractivity contribution in [1.82, 2.24) is 19.3 Å². The molecule has 10 heteroatoms. The summed E-state index contributed by atoms with van der Waals surface area (Å²) in [7, 11) is 1.48. The molecule has 0 fully saturated rings. The summed E-state index contributed by atoms with van der Waals surface area (Å²) in [6.07, 6.45) is -1.38. The number of aromatic amines is 1. The van der Waals surface area contributed by atoms with Crippen LogP contribution in [-0.4, -0.2) is 30.6 Å². The highest BCUT2D eigenvalue weighted by Crippen LogP contribution is 2.46. The van der Waals surface area contributed by atoms with E-state index in [1.165, 1.54) is 71.2 Å². The monoisotopic (exact) mass is 456 g/mol. The Kier molecular flexibility index (Phi) is 4.47. The van der Waals surface area contributed by atoms with Crippen LogP contribution in [-0.2, 0) is 12.6 Å². The van der Waals surface area contributed by atoms with Crippen LogP contribution >= 0.6 is 0 Å². The maximum absolute atomic E-state index is 14.4. The summed E-state index contributed by atoms with van der Waals surface area (Å²) in [5.74, 6) is -0.429. The topological polar surface area (TPSA) is 75.8 Å². The average Bonchev–Trinajstić information content (AvgIpc) is 3.40. The predicted octanol–water partition coefficient (Wildman–Crippen LogP) is 4.14. The smallest absolute Gasteiger partial charge is 0.372 e. The zero-order chi connectivity index (χ0) is 23.5. The molecule has 3 heterocycles. The number of alkyl halides is 3. The Morgan fingerprint density at radius 3 is 2.48 bits per heavy atom. The van der Waals surface area contributed by atoms with Crippen molar-refractivity contribution in [1.29, 1.82) is 0 Å². The number of aromatic nitrogens is 4. The van der Waals surface area contributed by atoms with Crippen LogP contribution in [0.1, 0.15) is 11.1 Å². The van der Waals surface area contributed by atoms with E-state index in [9.17, 15) is 27.5 Å². The number of hydrogen-bond acceptors (Lipinski definition) is 3. The molecule has 1 atom stereocenters. The number of aliphatic hydroxyl groups is 1. The van der Waals surface area contributed by atoms with Crippen LogP contribution in [0.25, 0.3) is 27.5 Å². The molecule has 0 aliphatic heterocycles. The van der Waals surface area contributed by atoms with Crippen LogP contribution in [0.2, 0.25) is 0 Å². The molecular weight excluding hydrogens is 440 g/mol. The fourth-order valence-electron chi connectivity index (χ4n) is 4.03. The number of H-pyrrole nitrogens is 1. The van der Waals surface area contributed by atoms with Gasteiger partial charge in [0.05, 0.1) is 17.4 Å². The zero-order valence-electron chi connectivity index (χ0n) is 17.1. The van der Waals surface area contributed by atoms with E-state index in [-0.39, 0.29) is 10.9 Å². The number of halogens is 4. The van der Waals surface area contributed by atoms with Crippen LogP contribution < -0.4 is 5.56 Å². The Hall–Kier alpha value is -3.92. The van der Waals surface area contributed by atoms with Crippen LogP contribution in [0.4, 0.5) is 17.6 Å². The van der Waals surface area contributed by atoms with Crippen LogP contribution in [0, 0.1) is 5.82 Å². The number of rotatable bonds is 3. The van der Waals surface area contributed by atoms with Crippen molar-refractivity contribution in [2.75, 3.05) is 0 Å². The molecule has 2 N–H and O–H groups in total. The van der Waals surface area contributed by atoms with Gasteiger partial charge in [-0.05, 0) is 48.0 Å². The fraction of sp³-hybridized carbons (Fsp3) is 0.130. The third-order valence-electron chi connectivity index (χ3n) is 5.78. The Labute approximate surface area is 183 Å². The van der Waals surface area contributed by atoms with E-state index >= 15 is 0 Å². The van der Waals surface area contributed by atoms with Gasteiger partial charge in [0.25, 0.3) is 5.56 Å². The summed E-state index contributed by atoms with van der Waals surface area (Å²) in [6.45, 7) is 0. The second-order valence-corrected chi connectivity index (χ2v) is 7.74. The number of fused-ring (bicyclic) bond motifs is 2. The first-order chi connectivity index (χ1) is 15.6. The molecule has 6 nitrogen and oxygen atoms in total. The summed E-state index contributed by atoms with van der Waals surface area (Å²) in [5, 5.41) is 15.6. The summed E-state index contributed by atoms with van der Waals surface area (Å²) in [4.78, 5) is 14.9. The normalized spacial score (nSPS) is 14.1. The summed E-state index contributed by atoms with van der Waals surface area (Å²) in [5.41, 5.74) is -3.85. The van der Waals surface area contributed by atoms with Crippen LogP contribution in [0.15, 0.2) is 71.9 Å². The molecule has 0 aliphatic rings. The highest BCUT2D eigenvalue weighted by molar-refractivity contribution is 5.85. The molecule has 0 spiro atoms. The van der Waals surface area contributed by atoms with Crippen molar-refractivity contribution < 1.29 is 22.7 Å². The molecule has 5 rings (SSSR count). The van der Waals surface area contributed by atoms with Crippen molar-refractivity contribution in [3.05, 3.63) is 94.4 Å². The molecule has 2 aromatic carbocycles. The summed E-state index contributed by atoms with van der Waals surface area (Å²) >= 11 is 0. The van der Waals surface area contributed by atoms with Crippen molar-refractivity contribution >= 4 is 21.8 Å². The lowest BCUT2D eigenvalue weighted by Gasteiger charge is -2.31. The Morgan fingerprint density at radius 1 is 1.06 bits per heavy atom. The van der Waals surface area contributed by atoms with Gasteiger partial charge in [0, 0.05) is 35.8 Å². The molecule has 33 heavy (non-hydrogen) atoms. The molecular formula is C23H16F4N4O2. The predicted molar refractivity (Wildman–Crippen MR) is 114 cm³/mol. The van der Waals surface area contributed by atoms with Gasteiger partial charge in [0.1, 0.15) is 11.3 Å². The van der Waals surface area contributed by atoms with Gasteiger partial charge in [0.2, 0.25) is 5.60 Å². The molecule has 168 valence electrons. The quantitative estimate of drug-likeness (QED) is 0.401. The summed E-state index contributed by atoms with van der Waals surface area (Å²) < 4.78 is 59.0. The first kappa shape index (κ1) is 21.0. The van der Waals surface area contributed by atoms with E-state index in [4.69, 9.17) is 0 Å². The highest BCUT2D eigenvalue weighted by Gasteiger charge is 2.57. The minimum absolute atomic E-state index is 0.0278. The second kappa shape index (κ2) is 7.04. The first-order valence-electron chi connectivity index (χ1n) is 9.82. The van der Waals surface area contributed by atoms with E-state index in [0.29, 0.717) is 16.6 Å². The van der Waals surface area contributed by atoms with E-state index in [0.717, 1.165) is 12.3 Å². The average molecular weight is 456 g/mol. The summed E-state index contributed by atoms with van der Waals surface area (Å²) in [6, 6.07) is 10.6. The van der Waals surface area contributed by atoms with E-state index in [2.05, 4.69) is 10.1 Å². The number of aryl methyl sites for hydroxylation is 1. The molecule has 3 aromatic heterocycles. The lowest BCUT2D eigenvalue weighted by molar-refractivity contribution is -0.247. The maximum Gasteiger partial charge on any atom is 0.425 e. The Bertz CT molecular complexity index is 1560. The van der Waals surface area contributed by atoms with Gasteiger partial charge < -0.3 is 14.7 Å². The Balaban J connectivity index is 1.71. The molecule has 5 aromatic rings. The van der Waals surface area contributed by atoms with Crippen LogP contribution in [0.5, 0.6) is 0 Å². The SMILES string of the molecule is Cn1ccc2c(C(O)(c3ccc4c(cnn4-c4ccc(F)cc4)c3)C(F)(F)F)c[nH]c2c1=O. The van der Waals surface area contributed by atoms with Crippen molar-refractivity contribution in [3.63, 3.8) is 0 Å². The van der Waals surface area contributed by atoms with Gasteiger partial charge >= 0.3 is 6.18 Å². The maximum atomic E-state index is 14.4. The number of nitrogens with zero attached hydrogens (tertiary/aromatic N) is 3. The van der Waals surface area contributed by atoms with Gasteiger partial charge in [-0.2, -0.15) is 18.3 Å². The molecule has 0 amide bonds. The number of nitrogens with one attached hydrogen (secondary N) is 1. The lowest BCUT2D eigenvalue weighted by atomic mass is 9.85. The van der Waals surface area contributed by atoms with Gasteiger partial charge in [0.15, 0.2) is 0 Å². The van der Waals surface area contributed by atoms with Gasteiger partial charge in [-0.25, -0.2) is 9.07 Å². The standard InChI is InChI=1S/C23H16F4N4O2/c1-30-9-8-17-18(12-28-20(17)21(30)32)22(33,23(25,26)27)14-2-7-19-13(10-14)11-29-31(19)16-5-3-15(24)4-6-16/h2-12,28,33H,1H3. The number of benzene rings is 2. The van der Waals surface area contributed by atoms with Gasteiger partial charge in [-0.1, -0.05) is 6.07 Å². The molecule has 0 saturated heterocycles. The minimum atomic E-state index is -5.09. The highest BCUT2D eigenvalue weighted by atomic mass is 19.4. The third kappa shape index (κ3) is 3.05. The minimum Gasteiger partial charge on any atom is -0.372 e. The fourth-order valence-corrected chi connectivity index (χ4v) is 4.03. The molecule has 0 bridgehead atoms. The molecule has 0 aliphatic carbocycles. The van der Waals surface area contributed by atoms with Crippen molar-refractivity contribution in [2.24, 2.45) is 7.05 Å². The molecule has 0 radical (unpaired) electrons. The number of hydrogen-bond donors (Lipinski definition) is 2. The van der Waals surface area contributed by atoms with E-state index in [1.807, 2.05) is 0 Å². The lowest BCUT2D eigenvalue weighted by Crippen LogP contribution is -2.43. The van der Waals surface area contributed by atoms with Gasteiger partial charge in [-0.15, -0.1) is 0 Å². The number of pyridine rings is 1.